The first-order valence-corrected chi connectivity index (χ1v) is 9.67. The highest BCUT2D eigenvalue weighted by atomic mass is 16.3. The van der Waals surface area contributed by atoms with Gasteiger partial charge in [0.1, 0.15) is 6.04 Å². The van der Waals surface area contributed by atoms with E-state index in [1.807, 2.05) is 24.3 Å². The summed E-state index contributed by atoms with van der Waals surface area (Å²) in [6.45, 7) is 3.47. The molecule has 1 aliphatic heterocycles. The SMILES string of the molecule is CC(NC(=O)c1ccco1)C(=O)Nc1ccc2c(c1)CCN2Cc1ccccc1. The van der Waals surface area contributed by atoms with Crippen molar-refractivity contribution in [1.82, 2.24) is 5.32 Å². The number of furan rings is 1. The Morgan fingerprint density at radius 1 is 1.10 bits per heavy atom. The molecule has 2 heterocycles. The molecule has 0 bridgehead atoms. The van der Waals surface area contributed by atoms with Crippen LogP contribution >= 0.6 is 0 Å². The van der Waals surface area contributed by atoms with Crippen molar-refractivity contribution in [2.24, 2.45) is 0 Å². The normalized spacial score (nSPS) is 13.6. The maximum atomic E-state index is 12.5. The van der Waals surface area contributed by atoms with Crippen LogP contribution in [0.25, 0.3) is 0 Å². The topological polar surface area (TPSA) is 74.6 Å². The summed E-state index contributed by atoms with van der Waals surface area (Å²) in [7, 11) is 0. The van der Waals surface area contributed by atoms with Gasteiger partial charge in [0.05, 0.1) is 6.26 Å². The standard InChI is InChI=1S/C23H23N3O3/c1-16(24-23(28)21-8-5-13-29-21)22(27)25-19-9-10-20-18(14-19)11-12-26(20)15-17-6-3-2-4-7-17/h2-10,13-14,16H,11-12,15H2,1H3,(H,24,28)(H,25,27). The smallest absolute Gasteiger partial charge is 0.287 e. The molecule has 0 saturated heterocycles. The quantitative estimate of drug-likeness (QED) is 0.676. The summed E-state index contributed by atoms with van der Waals surface area (Å²) in [5.41, 5.74) is 4.42. The van der Waals surface area contributed by atoms with Crippen LogP contribution in [-0.2, 0) is 17.8 Å². The molecular formula is C23H23N3O3. The van der Waals surface area contributed by atoms with Crippen molar-refractivity contribution >= 4 is 23.2 Å². The summed E-state index contributed by atoms with van der Waals surface area (Å²) in [6, 6.07) is 18.9. The van der Waals surface area contributed by atoms with Gasteiger partial charge in [0, 0.05) is 24.5 Å². The highest BCUT2D eigenvalue weighted by Gasteiger charge is 2.21. The monoisotopic (exact) mass is 389 g/mol. The maximum absolute atomic E-state index is 12.5. The van der Waals surface area contributed by atoms with E-state index in [-0.39, 0.29) is 11.7 Å². The fourth-order valence-corrected chi connectivity index (χ4v) is 3.51. The number of nitrogens with one attached hydrogen (secondary N) is 2. The number of rotatable bonds is 6. The van der Waals surface area contributed by atoms with Crippen LogP contribution in [0.1, 0.15) is 28.6 Å². The number of hydrogen-bond acceptors (Lipinski definition) is 4. The van der Waals surface area contributed by atoms with Crippen LogP contribution in [0.15, 0.2) is 71.3 Å². The van der Waals surface area contributed by atoms with Crippen molar-refractivity contribution in [3.8, 4) is 0 Å². The minimum atomic E-state index is -0.685. The molecular weight excluding hydrogens is 366 g/mol. The fraction of sp³-hybridized carbons (Fsp3) is 0.217. The van der Waals surface area contributed by atoms with Crippen LogP contribution < -0.4 is 15.5 Å². The molecule has 0 fully saturated rings. The van der Waals surface area contributed by atoms with Gasteiger partial charge < -0.3 is 20.0 Å². The van der Waals surface area contributed by atoms with Gasteiger partial charge in [-0.05, 0) is 54.8 Å². The molecule has 2 N–H and O–H groups in total. The number of anilines is 2. The minimum Gasteiger partial charge on any atom is -0.459 e. The zero-order valence-electron chi connectivity index (χ0n) is 16.2. The predicted molar refractivity (Wildman–Crippen MR) is 112 cm³/mol. The van der Waals surface area contributed by atoms with Crippen LogP contribution in [0, 0.1) is 0 Å². The molecule has 1 aliphatic rings. The van der Waals surface area contributed by atoms with Crippen molar-refractivity contribution in [2.45, 2.75) is 25.9 Å². The Kier molecular flexibility index (Phi) is 5.33. The third kappa shape index (κ3) is 4.32. The average molecular weight is 389 g/mol. The summed E-state index contributed by atoms with van der Waals surface area (Å²) in [4.78, 5) is 26.8. The lowest BCUT2D eigenvalue weighted by molar-refractivity contribution is -0.117. The Balaban J connectivity index is 1.38. The average Bonchev–Trinajstić information content (AvgIpc) is 3.39. The molecule has 1 atom stereocenters. The molecule has 6 heteroatoms. The molecule has 2 aromatic carbocycles. The van der Waals surface area contributed by atoms with Crippen molar-refractivity contribution in [2.75, 3.05) is 16.8 Å². The Hall–Kier alpha value is -3.54. The summed E-state index contributed by atoms with van der Waals surface area (Å²) < 4.78 is 5.05. The van der Waals surface area contributed by atoms with E-state index >= 15 is 0 Å². The number of benzene rings is 2. The zero-order chi connectivity index (χ0) is 20.2. The molecule has 0 saturated carbocycles. The molecule has 29 heavy (non-hydrogen) atoms. The summed E-state index contributed by atoms with van der Waals surface area (Å²) in [5.74, 6) is -0.507. The molecule has 0 spiro atoms. The molecule has 6 nitrogen and oxygen atoms in total. The predicted octanol–water partition coefficient (Wildman–Crippen LogP) is 3.60. The van der Waals surface area contributed by atoms with Crippen LogP contribution in [-0.4, -0.2) is 24.4 Å². The molecule has 4 rings (SSSR count). The minimum absolute atomic E-state index is 0.181. The Morgan fingerprint density at radius 2 is 1.93 bits per heavy atom. The molecule has 1 unspecified atom stereocenters. The second-order valence-electron chi connectivity index (χ2n) is 7.16. The van der Waals surface area contributed by atoms with Crippen LogP contribution in [0.2, 0.25) is 0 Å². The number of carbonyl (C=O) groups excluding carboxylic acids is 2. The highest BCUT2D eigenvalue weighted by Crippen LogP contribution is 2.31. The highest BCUT2D eigenvalue weighted by molar-refractivity contribution is 6.00. The van der Waals surface area contributed by atoms with Crippen LogP contribution in [0.5, 0.6) is 0 Å². The van der Waals surface area contributed by atoms with Crippen LogP contribution in [0.3, 0.4) is 0 Å². The van der Waals surface area contributed by atoms with Gasteiger partial charge in [-0.25, -0.2) is 0 Å². The van der Waals surface area contributed by atoms with Gasteiger partial charge in [-0.15, -0.1) is 0 Å². The van der Waals surface area contributed by atoms with E-state index in [1.165, 1.54) is 23.1 Å². The van der Waals surface area contributed by atoms with E-state index in [2.05, 4.69) is 39.8 Å². The Labute approximate surface area is 169 Å². The summed E-state index contributed by atoms with van der Waals surface area (Å²) in [6.07, 6.45) is 2.36. The molecule has 0 aliphatic carbocycles. The van der Waals surface area contributed by atoms with Crippen LogP contribution in [0.4, 0.5) is 11.4 Å². The fourth-order valence-electron chi connectivity index (χ4n) is 3.51. The van der Waals surface area contributed by atoms with Crippen molar-refractivity contribution in [3.05, 3.63) is 83.8 Å². The Bertz CT molecular complexity index is 999. The second kappa shape index (κ2) is 8.22. The molecule has 2 amide bonds. The third-order valence-corrected chi connectivity index (χ3v) is 5.04. The van der Waals surface area contributed by atoms with Gasteiger partial charge in [-0.2, -0.15) is 0 Å². The van der Waals surface area contributed by atoms with E-state index in [9.17, 15) is 9.59 Å². The molecule has 148 valence electrons. The summed E-state index contributed by atoms with van der Waals surface area (Å²) in [5, 5.41) is 5.52. The number of hydrogen-bond donors (Lipinski definition) is 2. The van der Waals surface area contributed by atoms with Crippen molar-refractivity contribution < 1.29 is 14.0 Å². The van der Waals surface area contributed by atoms with E-state index in [0.717, 1.165) is 25.2 Å². The first-order chi connectivity index (χ1) is 14.1. The van der Waals surface area contributed by atoms with E-state index in [0.29, 0.717) is 0 Å². The molecule has 1 aromatic heterocycles. The van der Waals surface area contributed by atoms with Gasteiger partial charge >= 0.3 is 0 Å². The number of amides is 2. The first-order valence-electron chi connectivity index (χ1n) is 9.67. The second-order valence-corrected chi connectivity index (χ2v) is 7.16. The molecule has 3 aromatic rings. The van der Waals surface area contributed by atoms with Crippen molar-refractivity contribution in [3.63, 3.8) is 0 Å². The lowest BCUT2D eigenvalue weighted by atomic mass is 10.1. The number of nitrogens with zero attached hydrogens (tertiary/aromatic N) is 1. The van der Waals surface area contributed by atoms with Gasteiger partial charge in [0.25, 0.3) is 5.91 Å². The maximum Gasteiger partial charge on any atom is 0.287 e. The zero-order valence-corrected chi connectivity index (χ0v) is 16.2. The number of fused-ring (bicyclic) bond motifs is 1. The molecule has 0 radical (unpaired) electrons. The third-order valence-electron chi connectivity index (χ3n) is 5.04. The van der Waals surface area contributed by atoms with Gasteiger partial charge in [0.15, 0.2) is 5.76 Å². The van der Waals surface area contributed by atoms with Gasteiger partial charge in [-0.3, -0.25) is 9.59 Å². The lowest BCUT2D eigenvalue weighted by Crippen LogP contribution is -2.41. The Morgan fingerprint density at radius 3 is 2.69 bits per heavy atom. The van der Waals surface area contributed by atoms with Crippen molar-refractivity contribution in [1.29, 1.82) is 0 Å². The summed E-state index contributed by atoms with van der Waals surface area (Å²) >= 11 is 0. The van der Waals surface area contributed by atoms with E-state index < -0.39 is 11.9 Å². The lowest BCUT2D eigenvalue weighted by Gasteiger charge is -2.20. The van der Waals surface area contributed by atoms with E-state index in [1.54, 1.807) is 19.1 Å². The van der Waals surface area contributed by atoms with E-state index in [4.69, 9.17) is 4.42 Å². The largest absolute Gasteiger partial charge is 0.459 e. The van der Waals surface area contributed by atoms with Gasteiger partial charge in [0.2, 0.25) is 5.91 Å². The van der Waals surface area contributed by atoms with Gasteiger partial charge in [-0.1, -0.05) is 30.3 Å². The first kappa shape index (κ1) is 18.8. The number of carbonyl (C=O) groups is 2.